The Bertz CT molecular complexity index is 89.7. The van der Waals surface area contributed by atoms with Gasteiger partial charge < -0.3 is 5.32 Å². The fourth-order valence-corrected chi connectivity index (χ4v) is 1.01. The minimum atomic E-state index is 0.181. The third-order valence-electron chi connectivity index (χ3n) is 1.10. The van der Waals surface area contributed by atoms with Crippen molar-refractivity contribution >= 4 is 26.4 Å². The molecule has 0 bridgehead atoms. The summed E-state index contributed by atoms with van der Waals surface area (Å²) in [5, 5.41) is 2.99. The van der Waals surface area contributed by atoms with Gasteiger partial charge in [0.05, 0.1) is 6.04 Å². The summed E-state index contributed by atoms with van der Waals surface area (Å²) < 4.78 is 0.240. The molecule has 1 atom stereocenters. The van der Waals surface area contributed by atoms with Crippen molar-refractivity contribution in [1.82, 2.24) is 5.32 Å². The van der Waals surface area contributed by atoms with Crippen molar-refractivity contribution in [3.63, 3.8) is 0 Å². The van der Waals surface area contributed by atoms with Crippen LogP contribution in [0.1, 0.15) is 6.42 Å². The van der Waals surface area contributed by atoms with E-state index in [0.717, 1.165) is 13.0 Å². The van der Waals surface area contributed by atoms with E-state index in [2.05, 4.69) is 5.32 Å². The van der Waals surface area contributed by atoms with Crippen LogP contribution in [0.4, 0.5) is 0 Å². The molecule has 1 fully saturated rings. The van der Waals surface area contributed by atoms with Crippen LogP contribution in [-0.4, -0.2) is 16.4 Å². The number of carbonyl (C=O) groups excluding carboxylic acids is 1. The van der Waals surface area contributed by atoms with E-state index in [1.165, 1.54) is 0 Å². The molecule has 0 radical (unpaired) electrons. The molecule has 1 aliphatic rings. The topological polar surface area (TPSA) is 29.1 Å². The highest BCUT2D eigenvalue weighted by molar-refractivity contribution is 14.1. The average Bonchev–Trinajstić information content (AvgIpc) is 1.23. The van der Waals surface area contributed by atoms with Crippen LogP contribution in [0.5, 0.6) is 0 Å². The van der Waals surface area contributed by atoms with Crippen LogP contribution in [0.25, 0.3) is 0 Å². The Morgan fingerprint density at radius 1 is 1.86 bits per heavy atom. The van der Waals surface area contributed by atoms with E-state index < -0.39 is 0 Å². The predicted molar refractivity (Wildman–Crippen MR) is 35.4 cm³/mol. The van der Waals surface area contributed by atoms with Crippen LogP contribution in [0.15, 0.2) is 0 Å². The van der Waals surface area contributed by atoms with Crippen molar-refractivity contribution in [3.8, 4) is 0 Å². The molecule has 0 aromatic rings. The van der Waals surface area contributed by atoms with Gasteiger partial charge in [0.15, 0.2) is 0 Å². The lowest BCUT2D eigenvalue weighted by molar-refractivity contribution is -0.112. The Hall–Kier alpha value is 0.360. The largest absolute Gasteiger partial charge is 0.307 e. The molecule has 0 amide bonds. The van der Waals surface area contributed by atoms with E-state index in [9.17, 15) is 4.79 Å². The maximum absolute atomic E-state index is 10.4. The summed E-state index contributed by atoms with van der Waals surface area (Å²) in [6.45, 7) is 1.01. The van der Waals surface area contributed by atoms with Crippen molar-refractivity contribution < 1.29 is 4.79 Å². The van der Waals surface area contributed by atoms with Gasteiger partial charge in [0, 0.05) is 22.6 Å². The lowest BCUT2D eigenvalue weighted by Crippen LogP contribution is -2.46. The first-order valence-electron chi connectivity index (χ1n) is 2.23. The summed E-state index contributed by atoms with van der Waals surface area (Å²) in [4.78, 5) is 10.4. The van der Waals surface area contributed by atoms with Crippen LogP contribution in [-0.2, 0) is 4.79 Å². The Balaban J connectivity index is 2.27. The fraction of sp³-hybridized carbons (Fsp3) is 0.750. The van der Waals surface area contributed by atoms with Gasteiger partial charge in [-0.2, -0.15) is 0 Å². The highest BCUT2D eigenvalue weighted by atomic mass is 127. The van der Waals surface area contributed by atoms with Gasteiger partial charge in [-0.25, -0.2) is 0 Å². The van der Waals surface area contributed by atoms with E-state index in [1.807, 2.05) is 22.6 Å². The third kappa shape index (κ3) is 1.13. The lowest BCUT2D eigenvalue weighted by atomic mass is 10.1. The summed E-state index contributed by atoms with van der Waals surface area (Å²) in [6, 6.07) is 0.181. The Morgan fingerprint density at radius 2 is 2.43 bits per heavy atom. The summed E-state index contributed by atoms with van der Waals surface area (Å²) in [7, 11) is 0. The molecule has 0 spiro atoms. The summed E-state index contributed by atoms with van der Waals surface area (Å²) in [5.41, 5.74) is 0. The van der Waals surface area contributed by atoms with Crippen molar-refractivity contribution in [3.05, 3.63) is 0 Å². The Labute approximate surface area is 55.8 Å². The number of hydrogen-bond donors (Lipinski definition) is 1. The van der Waals surface area contributed by atoms with Gasteiger partial charge in [-0.05, 0) is 13.0 Å². The number of hydrogen-bond acceptors (Lipinski definition) is 2. The van der Waals surface area contributed by atoms with Gasteiger partial charge in [-0.15, -0.1) is 0 Å². The quantitative estimate of drug-likeness (QED) is 0.499. The molecular weight excluding hydrogens is 205 g/mol. The molecule has 0 aromatic carbocycles. The molecule has 0 aromatic heterocycles. The molecule has 1 N–H and O–H groups in total. The third-order valence-corrected chi connectivity index (χ3v) is 1.85. The van der Waals surface area contributed by atoms with Crippen molar-refractivity contribution in [1.29, 1.82) is 0 Å². The van der Waals surface area contributed by atoms with Gasteiger partial charge in [0.2, 0.25) is 3.79 Å². The summed E-state index contributed by atoms with van der Waals surface area (Å²) in [5.74, 6) is 0. The standard InChI is InChI=1S/C4H6INO/c5-4(7)3-1-2-6-3/h3,6H,1-2H2. The molecule has 1 aliphatic heterocycles. The normalized spacial score (nSPS) is 29.0. The molecule has 40 valence electrons. The zero-order chi connectivity index (χ0) is 5.28. The molecule has 7 heavy (non-hydrogen) atoms. The maximum atomic E-state index is 10.4. The monoisotopic (exact) mass is 211 g/mol. The number of nitrogens with one attached hydrogen (secondary N) is 1. The first-order valence-corrected chi connectivity index (χ1v) is 3.31. The molecule has 2 nitrogen and oxygen atoms in total. The van der Waals surface area contributed by atoms with Crippen LogP contribution in [0.2, 0.25) is 0 Å². The summed E-state index contributed by atoms with van der Waals surface area (Å²) >= 11 is 1.82. The Morgan fingerprint density at radius 3 is 2.43 bits per heavy atom. The maximum Gasteiger partial charge on any atom is 0.209 e. The highest BCUT2D eigenvalue weighted by Crippen LogP contribution is 2.06. The van der Waals surface area contributed by atoms with Crippen LogP contribution in [0.3, 0.4) is 0 Å². The minimum absolute atomic E-state index is 0.181. The van der Waals surface area contributed by atoms with E-state index in [4.69, 9.17) is 0 Å². The molecule has 3 heteroatoms. The van der Waals surface area contributed by atoms with Crippen molar-refractivity contribution in [2.45, 2.75) is 12.5 Å². The van der Waals surface area contributed by atoms with Crippen molar-refractivity contribution in [2.75, 3.05) is 6.54 Å². The first kappa shape index (κ1) is 5.50. The molecular formula is C4H6INO. The summed E-state index contributed by atoms with van der Waals surface area (Å²) in [6.07, 6.45) is 1.03. The SMILES string of the molecule is O=C(I)C1CCN1. The van der Waals surface area contributed by atoms with E-state index in [1.54, 1.807) is 0 Å². The second-order valence-corrected chi connectivity index (χ2v) is 2.66. The second kappa shape index (κ2) is 2.09. The van der Waals surface area contributed by atoms with E-state index in [0.29, 0.717) is 0 Å². The van der Waals surface area contributed by atoms with Gasteiger partial charge in [-0.3, -0.25) is 4.79 Å². The van der Waals surface area contributed by atoms with Gasteiger partial charge >= 0.3 is 0 Å². The molecule has 1 heterocycles. The smallest absolute Gasteiger partial charge is 0.209 e. The fourth-order valence-electron chi connectivity index (χ4n) is 0.482. The lowest BCUT2D eigenvalue weighted by Gasteiger charge is -2.23. The molecule has 1 unspecified atom stereocenters. The van der Waals surface area contributed by atoms with E-state index in [-0.39, 0.29) is 9.83 Å². The molecule has 0 aliphatic carbocycles. The first-order chi connectivity index (χ1) is 3.30. The number of carbonyl (C=O) groups is 1. The van der Waals surface area contributed by atoms with Gasteiger partial charge in [0.25, 0.3) is 0 Å². The number of rotatable bonds is 1. The Kier molecular flexibility index (Phi) is 1.64. The van der Waals surface area contributed by atoms with E-state index >= 15 is 0 Å². The van der Waals surface area contributed by atoms with Crippen LogP contribution >= 0.6 is 22.6 Å². The van der Waals surface area contributed by atoms with Gasteiger partial charge in [0.1, 0.15) is 0 Å². The molecule has 1 rings (SSSR count). The van der Waals surface area contributed by atoms with Crippen LogP contribution < -0.4 is 5.32 Å². The second-order valence-electron chi connectivity index (χ2n) is 1.60. The molecule has 0 saturated carbocycles. The highest BCUT2D eigenvalue weighted by Gasteiger charge is 2.21. The zero-order valence-electron chi connectivity index (χ0n) is 3.78. The minimum Gasteiger partial charge on any atom is -0.307 e. The van der Waals surface area contributed by atoms with Crippen molar-refractivity contribution in [2.24, 2.45) is 0 Å². The van der Waals surface area contributed by atoms with Crippen LogP contribution in [0, 0.1) is 0 Å². The molecule has 1 saturated heterocycles. The average molecular weight is 211 g/mol. The van der Waals surface area contributed by atoms with Gasteiger partial charge in [-0.1, -0.05) is 0 Å². The number of halogens is 1. The zero-order valence-corrected chi connectivity index (χ0v) is 5.94. The predicted octanol–water partition coefficient (Wildman–Crippen LogP) is 0.310.